The van der Waals surface area contributed by atoms with Crippen molar-refractivity contribution in [2.24, 2.45) is 0 Å². The second kappa shape index (κ2) is 8.38. The Morgan fingerprint density at radius 3 is 2.00 bits per heavy atom. The zero-order valence-electron chi connectivity index (χ0n) is 18.1. The van der Waals surface area contributed by atoms with Crippen LogP contribution in [0, 0.1) is 0 Å². The molecular formula is C21H24N2O7S. The highest BCUT2D eigenvalue weighted by molar-refractivity contribution is 7.97. The molecule has 1 N–H and O–H groups in total. The summed E-state index contributed by atoms with van der Waals surface area (Å²) in [5.74, 6) is 0.923. The van der Waals surface area contributed by atoms with E-state index in [0.29, 0.717) is 45.5 Å². The number of hydrogen-bond acceptors (Lipinski definition) is 7. The van der Waals surface area contributed by atoms with E-state index in [9.17, 15) is 13.2 Å². The van der Waals surface area contributed by atoms with Gasteiger partial charge in [-0.25, -0.2) is 8.42 Å². The first kappa shape index (κ1) is 22.3. The van der Waals surface area contributed by atoms with Crippen molar-refractivity contribution in [3.8, 4) is 23.0 Å². The van der Waals surface area contributed by atoms with Crippen LogP contribution in [0.1, 0.15) is 12.5 Å². The van der Waals surface area contributed by atoms with Crippen LogP contribution >= 0.6 is 0 Å². The third-order valence-electron chi connectivity index (χ3n) is 5.05. The molecule has 0 saturated carbocycles. The summed E-state index contributed by atoms with van der Waals surface area (Å²) in [6.07, 6.45) is 0. The summed E-state index contributed by atoms with van der Waals surface area (Å²) < 4.78 is 48.5. The molecule has 0 spiro atoms. The van der Waals surface area contributed by atoms with Crippen molar-refractivity contribution < 1.29 is 32.2 Å². The van der Waals surface area contributed by atoms with Crippen LogP contribution in [-0.2, 0) is 14.8 Å². The molecule has 166 valence electrons. The van der Waals surface area contributed by atoms with Gasteiger partial charge in [0.1, 0.15) is 0 Å². The number of sulfonamides is 1. The number of carbonyl (C=O) groups excluding carboxylic acids is 1. The fourth-order valence-electron chi connectivity index (χ4n) is 3.40. The van der Waals surface area contributed by atoms with Crippen LogP contribution in [-0.4, -0.2) is 49.8 Å². The van der Waals surface area contributed by atoms with Crippen LogP contribution in [0.2, 0.25) is 0 Å². The van der Waals surface area contributed by atoms with E-state index < -0.39 is 15.9 Å². The van der Waals surface area contributed by atoms with Gasteiger partial charge in [-0.2, -0.15) is 0 Å². The van der Waals surface area contributed by atoms with Crippen molar-refractivity contribution in [2.75, 3.05) is 45.1 Å². The monoisotopic (exact) mass is 448 g/mol. The Labute approximate surface area is 181 Å². The molecule has 0 radical (unpaired) electrons. The third kappa shape index (κ3) is 3.74. The van der Waals surface area contributed by atoms with Gasteiger partial charge >= 0.3 is 0 Å². The average Bonchev–Trinajstić information content (AvgIpc) is 2.76. The van der Waals surface area contributed by atoms with Crippen LogP contribution in [0.25, 0.3) is 5.57 Å². The van der Waals surface area contributed by atoms with E-state index in [-0.39, 0.29) is 4.91 Å². The van der Waals surface area contributed by atoms with Crippen LogP contribution < -0.4 is 28.6 Å². The van der Waals surface area contributed by atoms with Gasteiger partial charge in [0.05, 0.1) is 34.1 Å². The molecule has 1 heterocycles. The fourth-order valence-corrected chi connectivity index (χ4v) is 4.87. The number of methoxy groups -OCH3 is 4. The van der Waals surface area contributed by atoms with Crippen molar-refractivity contribution >= 4 is 32.9 Å². The minimum atomic E-state index is -4.11. The first-order chi connectivity index (χ1) is 14.7. The second-order valence-electron chi connectivity index (χ2n) is 6.67. The number of ether oxygens (including phenoxy) is 4. The Balaban J connectivity index is 2.10. The van der Waals surface area contributed by atoms with Crippen LogP contribution in [0.4, 0.5) is 11.4 Å². The molecule has 2 aromatic carbocycles. The van der Waals surface area contributed by atoms with E-state index in [1.54, 1.807) is 37.3 Å². The van der Waals surface area contributed by atoms with Crippen molar-refractivity contribution in [2.45, 2.75) is 6.92 Å². The van der Waals surface area contributed by atoms with E-state index >= 15 is 0 Å². The number of amides is 1. The van der Waals surface area contributed by atoms with Gasteiger partial charge < -0.3 is 24.3 Å². The van der Waals surface area contributed by atoms with Gasteiger partial charge in [0.25, 0.3) is 15.9 Å². The second-order valence-corrected chi connectivity index (χ2v) is 8.58. The molecule has 0 bridgehead atoms. The molecule has 3 rings (SSSR count). The Morgan fingerprint density at radius 1 is 0.871 bits per heavy atom. The number of rotatable bonds is 6. The van der Waals surface area contributed by atoms with Crippen LogP contribution in [0.3, 0.4) is 0 Å². The topological polar surface area (TPSA) is 103 Å². The van der Waals surface area contributed by atoms with Gasteiger partial charge in [0.2, 0.25) is 0 Å². The molecule has 0 unspecified atom stereocenters. The maximum atomic E-state index is 13.2. The highest BCUT2D eigenvalue weighted by atomic mass is 32.2. The molecule has 0 aliphatic carbocycles. The molecule has 0 aromatic heterocycles. The summed E-state index contributed by atoms with van der Waals surface area (Å²) in [6, 6.07) is 7.98. The van der Waals surface area contributed by atoms with E-state index in [1.807, 2.05) is 0 Å². The fraction of sp³-hybridized carbons (Fsp3) is 0.286. The van der Waals surface area contributed by atoms with Gasteiger partial charge in [0.15, 0.2) is 27.9 Å². The van der Waals surface area contributed by atoms with Gasteiger partial charge in [-0.05, 0) is 30.7 Å². The minimum Gasteiger partial charge on any atom is -0.493 e. The molecule has 2 aromatic rings. The number of allylic oxidation sites excluding steroid dienone is 1. The van der Waals surface area contributed by atoms with Crippen LogP contribution in [0.5, 0.6) is 23.0 Å². The van der Waals surface area contributed by atoms with Gasteiger partial charge in [-0.3, -0.25) is 9.10 Å². The summed E-state index contributed by atoms with van der Waals surface area (Å²) in [5.41, 5.74) is 1.59. The van der Waals surface area contributed by atoms with Crippen LogP contribution in [0.15, 0.2) is 35.2 Å². The number of nitrogens with zero attached hydrogens (tertiary/aromatic N) is 1. The average molecular weight is 448 g/mol. The first-order valence-electron chi connectivity index (χ1n) is 9.19. The van der Waals surface area contributed by atoms with E-state index in [4.69, 9.17) is 18.9 Å². The highest BCUT2D eigenvalue weighted by Gasteiger charge is 2.38. The number of hydrogen-bond donors (Lipinski definition) is 1. The Kier molecular flexibility index (Phi) is 6.03. The summed E-state index contributed by atoms with van der Waals surface area (Å²) >= 11 is 0. The molecule has 9 nitrogen and oxygen atoms in total. The quantitative estimate of drug-likeness (QED) is 0.725. The molecular weight excluding hydrogens is 424 g/mol. The molecule has 0 fully saturated rings. The lowest BCUT2D eigenvalue weighted by molar-refractivity contribution is -0.112. The standard InChI is InChI=1S/C21H24N2O7S/c1-12-14-10-18(29-5)19(30-6)11-15(14)23(2)31(25,26)20(12)21(24)22-13-7-8-16(27-3)17(9-13)28-4/h7-11H,1-6H3,(H,22,24). The van der Waals surface area contributed by atoms with Crippen molar-refractivity contribution in [1.29, 1.82) is 0 Å². The summed E-state index contributed by atoms with van der Waals surface area (Å²) in [4.78, 5) is 12.7. The smallest absolute Gasteiger partial charge is 0.269 e. The molecule has 10 heteroatoms. The lowest BCUT2D eigenvalue weighted by Gasteiger charge is -2.30. The Bertz CT molecular complexity index is 1170. The predicted molar refractivity (Wildman–Crippen MR) is 118 cm³/mol. The highest BCUT2D eigenvalue weighted by Crippen LogP contribution is 2.44. The number of carbonyl (C=O) groups is 1. The maximum absolute atomic E-state index is 13.2. The van der Waals surface area contributed by atoms with Crippen molar-refractivity contribution in [3.63, 3.8) is 0 Å². The lowest BCUT2D eigenvalue weighted by Crippen LogP contribution is -2.36. The summed E-state index contributed by atoms with van der Waals surface area (Å²) in [6.45, 7) is 1.58. The minimum absolute atomic E-state index is 0.298. The predicted octanol–water partition coefficient (Wildman–Crippen LogP) is 2.87. The van der Waals surface area contributed by atoms with Crippen molar-refractivity contribution in [1.82, 2.24) is 0 Å². The molecule has 1 aliphatic heterocycles. The number of fused-ring (bicyclic) bond motifs is 1. The molecule has 31 heavy (non-hydrogen) atoms. The van der Waals surface area contributed by atoms with Gasteiger partial charge in [-0.1, -0.05) is 0 Å². The van der Waals surface area contributed by atoms with E-state index in [0.717, 1.165) is 4.31 Å². The molecule has 1 aliphatic rings. The lowest BCUT2D eigenvalue weighted by atomic mass is 10.0. The normalized spacial score (nSPS) is 14.6. The van der Waals surface area contributed by atoms with E-state index in [2.05, 4.69) is 5.32 Å². The third-order valence-corrected chi connectivity index (χ3v) is 6.98. The largest absolute Gasteiger partial charge is 0.493 e. The Morgan fingerprint density at radius 2 is 1.42 bits per heavy atom. The zero-order chi connectivity index (χ0) is 22.9. The number of nitrogens with one attached hydrogen (secondary N) is 1. The SMILES string of the molecule is COc1ccc(NC(=O)C2=C(C)c3cc(OC)c(OC)cc3N(C)S2(=O)=O)cc1OC. The Hall–Kier alpha value is -3.40. The van der Waals surface area contributed by atoms with Gasteiger partial charge in [-0.15, -0.1) is 0 Å². The van der Waals surface area contributed by atoms with Crippen molar-refractivity contribution in [3.05, 3.63) is 40.8 Å². The number of benzene rings is 2. The number of anilines is 2. The zero-order valence-corrected chi connectivity index (χ0v) is 18.9. The molecule has 1 amide bonds. The first-order valence-corrected chi connectivity index (χ1v) is 10.6. The summed E-state index contributed by atoms with van der Waals surface area (Å²) in [7, 11) is 3.19. The molecule has 0 saturated heterocycles. The van der Waals surface area contributed by atoms with Gasteiger partial charge in [0, 0.05) is 30.4 Å². The van der Waals surface area contributed by atoms with E-state index in [1.165, 1.54) is 35.5 Å². The molecule has 0 atom stereocenters. The maximum Gasteiger partial charge on any atom is 0.269 e. The summed E-state index contributed by atoms with van der Waals surface area (Å²) in [5, 5.41) is 2.63.